The lowest BCUT2D eigenvalue weighted by Crippen LogP contribution is -2.04. The molecule has 0 saturated heterocycles. The number of hydrogen-bond donors (Lipinski definition) is 0. The van der Waals surface area contributed by atoms with Gasteiger partial charge in [-0.3, -0.25) is 10.1 Å². The first-order chi connectivity index (χ1) is 9.75. The Morgan fingerprint density at radius 2 is 1.80 bits per heavy atom. The molecule has 102 valence electrons. The Kier molecular flexibility index (Phi) is 3.37. The summed E-state index contributed by atoms with van der Waals surface area (Å²) in [7, 11) is 0. The highest BCUT2D eigenvalue weighted by Crippen LogP contribution is 2.46. The van der Waals surface area contributed by atoms with Crippen LogP contribution < -0.4 is 4.74 Å². The van der Waals surface area contributed by atoms with E-state index < -0.39 is 6.04 Å². The Hall–Kier alpha value is -2.36. The topological polar surface area (TPSA) is 52.4 Å². The maximum atomic E-state index is 10.8. The van der Waals surface area contributed by atoms with Crippen molar-refractivity contribution in [3.63, 3.8) is 0 Å². The summed E-state index contributed by atoms with van der Waals surface area (Å²) in [4.78, 5) is 10.6. The van der Waals surface area contributed by atoms with Crippen LogP contribution in [0.3, 0.4) is 0 Å². The summed E-state index contributed by atoms with van der Waals surface area (Å²) in [5.41, 5.74) is 2.04. The second kappa shape index (κ2) is 5.33. The maximum Gasteiger partial charge on any atom is 0.221 e. The molecule has 0 N–H and O–H groups in total. The highest BCUT2D eigenvalue weighted by atomic mass is 16.6. The van der Waals surface area contributed by atoms with Crippen LogP contribution in [0, 0.1) is 10.1 Å². The molecule has 0 aliphatic heterocycles. The molecule has 0 unspecified atom stereocenters. The van der Waals surface area contributed by atoms with Gasteiger partial charge < -0.3 is 4.74 Å². The zero-order valence-electron chi connectivity index (χ0n) is 10.9. The molecular formula is C16H15NO3. The van der Waals surface area contributed by atoms with E-state index in [2.05, 4.69) is 0 Å². The van der Waals surface area contributed by atoms with E-state index >= 15 is 0 Å². The van der Waals surface area contributed by atoms with E-state index in [-0.39, 0.29) is 10.8 Å². The van der Waals surface area contributed by atoms with E-state index in [9.17, 15) is 10.1 Å². The molecule has 20 heavy (non-hydrogen) atoms. The SMILES string of the molecule is O=[N+]([O-])[C@@H]1C[C@H]1c1ccccc1OCc1ccccc1. The first-order valence-electron chi connectivity index (χ1n) is 6.65. The van der Waals surface area contributed by atoms with Crippen molar-refractivity contribution in [3.8, 4) is 5.75 Å². The number of benzene rings is 2. The molecule has 1 fully saturated rings. The predicted molar refractivity (Wildman–Crippen MR) is 75.4 cm³/mol. The van der Waals surface area contributed by atoms with Crippen molar-refractivity contribution >= 4 is 0 Å². The summed E-state index contributed by atoms with van der Waals surface area (Å²) in [6.07, 6.45) is 0.610. The minimum absolute atomic E-state index is 0.00280. The van der Waals surface area contributed by atoms with E-state index in [0.29, 0.717) is 13.0 Å². The minimum atomic E-state index is -0.448. The summed E-state index contributed by atoms with van der Waals surface area (Å²) in [6, 6.07) is 17.1. The van der Waals surface area contributed by atoms with Gasteiger partial charge in [-0.15, -0.1) is 0 Å². The molecule has 1 aliphatic rings. The molecule has 2 aromatic carbocycles. The Labute approximate surface area is 117 Å². The fraction of sp³-hybridized carbons (Fsp3) is 0.250. The van der Waals surface area contributed by atoms with Crippen molar-refractivity contribution in [1.82, 2.24) is 0 Å². The van der Waals surface area contributed by atoms with Gasteiger partial charge in [0.05, 0.1) is 5.92 Å². The maximum absolute atomic E-state index is 10.8. The smallest absolute Gasteiger partial charge is 0.221 e. The van der Waals surface area contributed by atoms with E-state index in [0.717, 1.165) is 16.9 Å². The third-order valence-electron chi connectivity index (χ3n) is 3.58. The Morgan fingerprint density at radius 3 is 2.50 bits per heavy atom. The molecule has 4 nitrogen and oxygen atoms in total. The number of nitrogens with zero attached hydrogens (tertiary/aromatic N) is 1. The Bertz CT molecular complexity index is 612. The zero-order valence-corrected chi connectivity index (χ0v) is 10.9. The molecule has 0 spiro atoms. The van der Waals surface area contributed by atoms with Crippen molar-refractivity contribution in [3.05, 3.63) is 75.8 Å². The number of nitro groups is 1. The lowest BCUT2D eigenvalue weighted by molar-refractivity contribution is -0.496. The van der Waals surface area contributed by atoms with Crippen molar-refractivity contribution < 1.29 is 9.66 Å². The average molecular weight is 269 g/mol. The van der Waals surface area contributed by atoms with Crippen molar-refractivity contribution in [2.24, 2.45) is 0 Å². The van der Waals surface area contributed by atoms with Crippen LogP contribution in [-0.2, 0) is 6.61 Å². The third-order valence-corrected chi connectivity index (χ3v) is 3.58. The minimum Gasteiger partial charge on any atom is -0.489 e. The summed E-state index contributed by atoms with van der Waals surface area (Å²) in [5, 5.41) is 10.8. The van der Waals surface area contributed by atoms with Crippen LogP contribution in [0.1, 0.15) is 23.5 Å². The van der Waals surface area contributed by atoms with Crippen molar-refractivity contribution in [1.29, 1.82) is 0 Å². The normalized spacial score (nSPS) is 20.4. The largest absolute Gasteiger partial charge is 0.489 e. The van der Waals surface area contributed by atoms with Gasteiger partial charge in [-0.05, 0) is 11.6 Å². The average Bonchev–Trinajstić information content (AvgIpc) is 3.27. The third kappa shape index (κ3) is 2.64. The zero-order chi connectivity index (χ0) is 13.9. The van der Waals surface area contributed by atoms with Crippen molar-refractivity contribution in [2.75, 3.05) is 0 Å². The van der Waals surface area contributed by atoms with Gasteiger partial charge in [-0.1, -0.05) is 48.5 Å². The monoisotopic (exact) mass is 269 g/mol. The van der Waals surface area contributed by atoms with Crippen LogP contribution >= 0.6 is 0 Å². The summed E-state index contributed by atoms with van der Waals surface area (Å²) in [5.74, 6) is 0.752. The highest BCUT2D eigenvalue weighted by Gasteiger charge is 2.50. The molecule has 0 bridgehead atoms. The van der Waals surface area contributed by atoms with Crippen LogP contribution in [0.25, 0.3) is 0 Å². The summed E-state index contributed by atoms with van der Waals surface area (Å²) < 4.78 is 5.83. The van der Waals surface area contributed by atoms with Crippen LogP contribution in [-0.4, -0.2) is 11.0 Å². The van der Waals surface area contributed by atoms with Crippen LogP contribution in [0.2, 0.25) is 0 Å². The second-order valence-electron chi connectivity index (χ2n) is 5.01. The summed E-state index contributed by atoms with van der Waals surface area (Å²) in [6.45, 7) is 0.480. The first-order valence-corrected chi connectivity index (χ1v) is 6.65. The van der Waals surface area contributed by atoms with Crippen LogP contribution in [0.15, 0.2) is 54.6 Å². The quantitative estimate of drug-likeness (QED) is 0.617. The van der Waals surface area contributed by atoms with Gasteiger partial charge in [-0.2, -0.15) is 0 Å². The molecule has 1 saturated carbocycles. The van der Waals surface area contributed by atoms with Crippen LogP contribution in [0.5, 0.6) is 5.75 Å². The molecule has 2 atom stereocenters. The molecular weight excluding hydrogens is 254 g/mol. The fourth-order valence-corrected chi connectivity index (χ4v) is 2.40. The van der Waals surface area contributed by atoms with Gasteiger partial charge in [0.1, 0.15) is 12.4 Å². The lowest BCUT2D eigenvalue weighted by atomic mass is 10.1. The molecule has 0 heterocycles. The molecule has 4 heteroatoms. The number of para-hydroxylation sites is 1. The first kappa shape index (κ1) is 12.7. The number of ether oxygens (including phenoxy) is 1. The Morgan fingerprint density at radius 1 is 1.10 bits per heavy atom. The number of hydrogen-bond acceptors (Lipinski definition) is 3. The lowest BCUT2D eigenvalue weighted by Gasteiger charge is -2.10. The van der Waals surface area contributed by atoms with Gasteiger partial charge in [0.15, 0.2) is 0 Å². The van der Waals surface area contributed by atoms with Gasteiger partial charge in [0.2, 0.25) is 6.04 Å². The second-order valence-corrected chi connectivity index (χ2v) is 5.01. The van der Waals surface area contributed by atoms with Crippen molar-refractivity contribution in [2.45, 2.75) is 25.0 Å². The Balaban J connectivity index is 1.72. The summed E-state index contributed by atoms with van der Waals surface area (Å²) >= 11 is 0. The molecule has 0 amide bonds. The molecule has 0 aromatic heterocycles. The van der Waals surface area contributed by atoms with Crippen LogP contribution in [0.4, 0.5) is 0 Å². The predicted octanol–water partition coefficient (Wildman–Crippen LogP) is 3.40. The molecule has 0 radical (unpaired) electrons. The van der Waals surface area contributed by atoms with Gasteiger partial charge >= 0.3 is 0 Å². The van der Waals surface area contributed by atoms with Gasteiger partial charge in [0.25, 0.3) is 0 Å². The highest BCUT2D eigenvalue weighted by molar-refractivity contribution is 5.40. The van der Waals surface area contributed by atoms with Gasteiger partial charge in [-0.25, -0.2) is 0 Å². The molecule has 1 aliphatic carbocycles. The number of rotatable bonds is 5. The van der Waals surface area contributed by atoms with E-state index in [1.165, 1.54) is 0 Å². The standard InChI is InChI=1S/C16H15NO3/c18-17(19)15-10-14(15)13-8-4-5-9-16(13)20-11-12-6-2-1-3-7-12/h1-9,14-15H,10-11H2/t14-,15+/m0/s1. The van der Waals surface area contributed by atoms with E-state index in [1.807, 2.05) is 54.6 Å². The molecule has 2 aromatic rings. The fourth-order valence-electron chi connectivity index (χ4n) is 2.40. The molecule has 3 rings (SSSR count). The van der Waals surface area contributed by atoms with E-state index in [1.54, 1.807) is 0 Å². The van der Waals surface area contributed by atoms with Gasteiger partial charge in [0, 0.05) is 16.9 Å². The van der Waals surface area contributed by atoms with E-state index in [4.69, 9.17) is 4.74 Å².